The first-order valence-corrected chi connectivity index (χ1v) is 10.1. The Morgan fingerprint density at radius 3 is 2.43 bits per heavy atom. The standard InChI is InChI=1S/C24H17ClN2O3/c25-17-10-12-18(13-11-17)27-23(28)21-7-2-1-6-20(21)22(26-27)16-4-3-5-19(14-16)30-24(29)15-8-9-15/h1-7,10-15H,8-9H2. The number of carbonyl (C=O) groups excluding carboxylic acids is 1. The van der Waals surface area contributed by atoms with Gasteiger partial charge in [-0.05, 0) is 55.3 Å². The van der Waals surface area contributed by atoms with Crippen molar-refractivity contribution in [1.29, 1.82) is 0 Å². The number of rotatable bonds is 4. The number of ether oxygens (including phenoxy) is 1. The van der Waals surface area contributed by atoms with Gasteiger partial charge in [-0.2, -0.15) is 9.78 Å². The van der Waals surface area contributed by atoms with Crippen LogP contribution >= 0.6 is 11.6 Å². The lowest BCUT2D eigenvalue weighted by atomic mass is 10.0. The number of nitrogens with zero attached hydrogens (tertiary/aromatic N) is 2. The van der Waals surface area contributed by atoms with Gasteiger partial charge in [-0.3, -0.25) is 9.59 Å². The molecule has 5 nitrogen and oxygen atoms in total. The van der Waals surface area contributed by atoms with Crippen LogP contribution in [0.4, 0.5) is 0 Å². The average molecular weight is 417 g/mol. The molecule has 1 saturated carbocycles. The van der Waals surface area contributed by atoms with E-state index >= 15 is 0 Å². The molecule has 148 valence electrons. The minimum atomic E-state index is -0.215. The van der Waals surface area contributed by atoms with Crippen LogP contribution < -0.4 is 10.3 Å². The van der Waals surface area contributed by atoms with Crippen molar-refractivity contribution < 1.29 is 9.53 Å². The van der Waals surface area contributed by atoms with Crippen LogP contribution in [-0.2, 0) is 4.79 Å². The van der Waals surface area contributed by atoms with Gasteiger partial charge in [0.15, 0.2) is 0 Å². The smallest absolute Gasteiger partial charge is 0.314 e. The van der Waals surface area contributed by atoms with Crippen molar-refractivity contribution in [3.63, 3.8) is 0 Å². The topological polar surface area (TPSA) is 61.2 Å². The number of benzene rings is 3. The molecule has 0 N–H and O–H groups in total. The Bertz CT molecular complexity index is 1320. The average Bonchev–Trinajstić information content (AvgIpc) is 3.61. The molecule has 1 aliphatic rings. The fourth-order valence-electron chi connectivity index (χ4n) is 3.39. The predicted octanol–water partition coefficient (Wildman–Crippen LogP) is 5.02. The fourth-order valence-corrected chi connectivity index (χ4v) is 3.51. The summed E-state index contributed by atoms with van der Waals surface area (Å²) in [7, 11) is 0. The van der Waals surface area contributed by atoms with Crippen LogP contribution in [0.2, 0.25) is 5.02 Å². The van der Waals surface area contributed by atoms with E-state index in [4.69, 9.17) is 16.3 Å². The molecule has 0 bridgehead atoms. The van der Waals surface area contributed by atoms with Crippen molar-refractivity contribution in [2.45, 2.75) is 12.8 Å². The third-order valence-electron chi connectivity index (χ3n) is 5.11. The summed E-state index contributed by atoms with van der Waals surface area (Å²) < 4.78 is 6.89. The molecule has 1 heterocycles. The predicted molar refractivity (Wildman–Crippen MR) is 116 cm³/mol. The van der Waals surface area contributed by atoms with Crippen LogP contribution in [-0.4, -0.2) is 15.7 Å². The zero-order chi connectivity index (χ0) is 20.7. The molecular formula is C24H17ClN2O3. The Morgan fingerprint density at radius 1 is 0.967 bits per heavy atom. The summed E-state index contributed by atoms with van der Waals surface area (Å²) in [5.74, 6) is 0.287. The number of aromatic nitrogens is 2. The highest BCUT2D eigenvalue weighted by atomic mass is 35.5. The number of esters is 1. The van der Waals surface area contributed by atoms with E-state index in [1.807, 2.05) is 30.3 Å². The van der Waals surface area contributed by atoms with Crippen molar-refractivity contribution in [1.82, 2.24) is 9.78 Å². The molecular weight excluding hydrogens is 400 g/mol. The Labute approximate surface area is 177 Å². The van der Waals surface area contributed by atoms with E-state index in [1.54, 1.807) is 42.5 Å². The van der Waals surface area contributed by atoms with Crippen LogP contribution in [0.1, 0.15) is 12.8 Å². The van der Waals surface area contributed by atoms with Gasteiger partial charge in [-0.15, -0.1) is 0 Å². The van der Waals surface area contributed by atoms with Crippen molar-refractivity contribution in [2.24, 2.45) is 5.92 Å². The summed E-state index contributed by atoms with van der Waals surface area (Å²) in [6.45, 7) is 0. The number of carbonyl (C=O) groups is 1. The minimum Gasteiger partial charge on any atom is -0.426 e. The molecule has 0 atom stereocenters. The van der Waals surface area contributed by atoms with Crippen LogP contribution in [0, 0.1) is 5.92 Å². The van der Waals surface area contributed by atoms with Crippen molar-refractivity contribution in [3.05, 3.63) is 88.2 Å². The van der Waals surface area contributed by atoms with Gasteiger partial charge in [0.05, 0.1) is 22.7 Å². The first-order valence-electron chi connectivity index (χ1n) is 9.70. The molecule has 0 unspecified atom stereocenters. The molecule has 3 aromatic carbocycles. The zero-order valence-corrected chi connectivity index (χ0v) is 16.7. The largest absolute Gasteiger partial charge is 0.426 e. The number of halogens is 1. The summed E-state index contributed by atoms with van der Waals surface area (Å²) >= 11 is 6.00. The third-order valence-corrected chi connectivity index (χ3v) is 5.36. The van der Waals surface area contributed by atoms with Gasteiger partial charge >= 0.3 is 5.97 Å². The van der Waals surface area contributed by atoms with Crippen molar-refractivity contribution >= 4 is 28.3 Å². The molecule has 0 aliphatic heterocycles. The maximum Gasteiger partial charge on any atom is 0.314 e. The molecule has 0 saturated heterocycles. The first-order chi connectivity index (χ1) is 14.6. The van der Waals surface area contributed by atoms with Gasteiger partial charge in [-0.25, -0.2) is 0 Å². The van der Waals surface area contributed by atoms with Gasteiger partial charge in [0.1, 0.15) is 5.75 Å². The molecule has 30 heavy (non-hydrogen) atoms. The molecule has 0 amide bonds. The first kappa shape index (κ1) is 18.6. The lowest BCUT2D eigenvalue weighted by molar-refractivity contribution is -0.135. The highest BCUT2D eigenvalue weighted by Crippen LogP contribution is 2.32. The molecule has 1 fully saturated rings. The van der Waals surface area contributed by atoms with Gasteiger partial charge in [0, 0.05) is 16.0 Å². The van der Waals surface area contributed by atoms with Crippen LogP contribution in [0.25, 0.3) is 27.7 Å². The van der Waals surface area contributed by atoms with Gasteiger partial charge < -0.3 is 4.74 Å². The maximum absolute atomic E-state index is 13.1. The minimum absolute atomic E-state index is 0.0134. The van der Waals surface area contributed by atoms with E-state index in [9.17, 15) is 9.59 Å². The van der Waals surface area contributed by atoms with E-state index in [0.29, 0.717) is 27.5 Å². The summed E-state index contributed by atoms with van der Waals surface area (Å²) in [5, 5.41) is 6.53. The zero-order valence-electron chi connectivity index (χ0n) is 15.9. The second-order valence-electron chi connectivity index (χ2n) is 7.31. The Balaban J connectivity index is 1.67. The molecule has 5 rings (SSSR count). The van der Waals surface area contributed by atoms with Crippen LogP contribution in [0.3, 0.4) is 0 Å². The monoisotopic (exact) mass is 416 g/mol. The van der Waals surface area contributed by atoms with Gasteiger partial charge in [0.2, 0.25) is 0 Å². The number of fused-ring (bicyclic) bond motifs is 1. The van der Waals surface area contributed by atoms with Gasteiger partial charge in [0.25, 0.3) is 5.56 Å². The van der Waals surface area contributed by atoms with E-state index in [0.717, 1.165) is 23.8 Å². The lowest BCUT2D eigenvalue weighted by Crippen LogP contribution is -2.22. The highest BCUT2D eigenvalue weighted by molar-refractivity contribution is 6.30. The number of hydrogen-bond donors (Lipinski definition) is 0. The van der Waals surface area contributed by atoms with E-state index in [2.05, 4.69) is 5.10 Å². The third kappa shape index (κ3) is 3.48. The summed E-state index contributed by atoms with van der Waals surface area (Å²) in [6, 6.07) is 21.5. The highest BCUT2D eigenvalue weighted by Gasteiger charge is 2.31. The normalized spacial score (nSPS) is 13.4. The Hall–Kier alpha value is -3.44. The van der Waals surface area contributed by atoms with Crippen molar-refractivity contribution in [3.8, 4) is 22.7 Å². The summed E-state index contributed by atoms with van der Waals surface area (Å²) in [6.07, 6.45) is 1.77. The van der Waals surface area contributed by atoms with E-state index in [1.165, 1.54) is 4.68 Å². The molecule has 1 aliphatic carbocycles. The van der Waals surface area contributed by atoms with Crippen LogP contribution in [0.5, 0.6) is 5.75 Å². The lowest BCUT2D eigenvalue weighted by Gasteiger charge is -2.12. The summed E-state index contributed by atoms with van der Waals surface area (Å²) in [5.41, 5.74) is 1.79. The quantitative estimate of drug-likeness (QED) is 0.346. The molecule has 1 aromatic heterocycles. The Kier molecular flexibility index (Phi) is 4.60. The second-order valence-corrected chi connectivity index (χ2v) is 7.75. The van der Waals surface area contributed by atoms with E-state index < -0.39 is 0 Å². The van der Waals surface area contributed by atoms with Crippen molar-refractivity contribution in [2.75, 3.05) is 0 Å². The van der Waals surface area contributed by atoms with E-state index in [-0.39, 0.29) is 17.4 Å². The summed E-state index contributed by atoms with van der Waals surface area (Å²) in [4.78, 5) is 25.1. The second kappa shape index (κ2) is 7.43. The maximum atomic E-state index is 13.1. The van der Waals surface area contributed by atoms with Gasteiger partial charge in [-0.1, -0.05) is 41.9 Å². The molecule has 0 spiro atoms. The molecule has 4 aromatic rings. The molecule has 6 heteroatoms. The number of hydrogen-bond acceptors (Lipinski definition) is 4. The fraction of sp³-hybridized carbons (Fsp3) is 0.125. The SMILES string of the molecule is O=C(Oc1cccc(-c2nn(-c3ccc(Cl)cc3)c(=O)c3ccccc23)c1)C1CC1. The Morgan fingerprint density at radius 2 is 1.70 bits per heavy atom. The van der Waals surface area contributed by atoms with Crippen LogP contribution in [0.15, 0.2) is 77.6 Å². The molecule has 0 radical (unpaired) electrons.